The highest BCUT2D eigenvalue weighted by Gasteiger charge is 2.38. The Hall–Kier alpha value is -2.40. The van der Waals surface area contributed by atoms with Gasteiger partial charge < -0.3 is 15.1 Å². The predicted molar refractivity (Wildman–Crippen MR) is 104 cm³/mol. The zero-order valence-corrected chi connectivity index (χ0v) is 15.6. The molecule has 2 atom stereocenters. The van der Waals surface area contributed by atoms with Crippen LogP contribution in [-0.2, 0) is 6.42 Å². The first-order chi connectivity index (χ1) is 13.3. The number of urea groups is 1. The molecular weight excluding hydrogens is 336 g/mol. The molecule has 0 aliphatic carbocycles. The maximum absolute atomic E-state index is 13.3. The van der Waals surface area contributed by atoms with Crippen molar-refractivity contribution in [3.05, 3.63) is 65.5 Å². The first kappa shape index (κ1) is 16.8. The molecule has 0 unspecified atom stereocenters. The fourth-order valence-corrected chi connectivity index (χ4v) is 5.06. The van der Waals surface area contributed by atoms with Crippen LogP contribution in [0.4, 0.5) is 4.79 Å². The Kier molecular flexibility index (Phi) is 4.32. The highest BCUT2D eigenvalue weighted by atomic mass is 16.2. The average molecular weight is 362 g/mol. The summed E-state index contributed by atoms with van der Waals surface area (Å²) in [6.45, 7) is 4.12. The largest absolute Gasteiger partial charge is 0.334 e. The van der Waals surface area contributed by atoms with Gasteiger partial charge >= 0.3 is 6.03 Å². The third-order valence-corrected chi connectivity index (χ3v) is 6.53. The van der Waals surface area contributed by atoms with Gasteiger partial charge in [0.25, 0.3) is 0 Å². The molecule has 2 bridgehead atoms. The molecule has 1 aromatic carbocycles. The van der Waals surface area contributed by atoms with Crippen LogP contribution in [-0.4, -0.2) is 53.0 Å². The zero-order chi connectivity index (χ0) is 18.2. The van der Waals surface area contributed by atoms with Crippen LogP contribution in [0.5, 0.6) is 0 Å². The second-order valence-corrected chi connectivity index (χ2v) is 8.02. The van der Waals surface area contributed by atoms with Crippen LogP contribution in [0, 0.1) is 5.92 Å². The van der Waals surface area contributed by atoms with Crippen molar-refractivity contribution in [2.75, 3.05) is 26.2 Å². The highest BCUT2D eigenvalue weighted by Crippen LogP contribution is 2.35. The van der Waals surface area contributed by atoms with Crippen LogP contribution in [0.15, 0.2) is 48.8 Å². The van der Waals surface area contributed by atoms with E-state index < -0.39 is 0 Å². The monoisotopic (exact) mass is 362 g/mol. The summed E-state index contributed by atoms with van der Waals surface area (Å²) >= 11 is 0. The van der Waals surface area contributed by atoms with E-state index in [-0.39, 0.29) is 18.1 Å². The second-order valence-electron chi connectivity index (χ2n) is 8.02. The van der Waals surface area contributed by atoms with E-state index >= 15 is 0 Å². The Labute approximate surface area is 160 Å². The molecule has 5 heteroatoms. The van der Waals surface area contributed by atoms with Gasteiger partial charge in [0.15, 0.2) is 0 Å². The molecule has 3 fully saturated rings. The van der Waals surface area contributed by atoms with Crippen molar-refractivity contribution in [1.29, 1.82) is 0 Å². The molecule has 0 spiro atoms. The summed E-state index contributed by atoms with van der Waals surface area (Å²) in [6.07, 6.45) is 6.96. The van der Waals surface area contributed by atoms with Gasteiger partial charge in [0.05, 0.1) is 6.04 Å². The number of piperidine rings is 3. The van der Waals surface area contributed by atoms with Crippen LogP contribution >= 0.6 is 0 Å². The molecule has 0 radical (unpaired) electrons. The third kappa shape index (κ3) is 3.10. The van der Waals surface area contributed by atoms with E-state index in [0.717, 1.165) is 25.1 Å². The van der Waals surface area contributed by atoms with Crippen molar-refractivity contribution in [3.63, 3.8) is 0 Å². The number of carbonyl (C=O) groups excluding carboxylic acids is 1. The normalized spacial score (nSPS) is 29.3. The van der Waals surface area contributed by atoms with E-state index in [2.05, 4.69) is 39.5 Å². The molecule has 1 N–H and O–H groups in total. The smallest absolute Gasteiger partial charge is 0.318 e. The van der Waals surface area contributed by atoms with Gasteiger partial charge in [-0.2, -0.15) is 0 Å². The number of hydrogen-bond donors (Lipinski definition) is 1. The van der Waals surface area contributed by atoms with Gasteiger partial charge in [-0.15, -0.1) is 0 Å². The lowest BCUT2D eigenvalue weighted by molar-refractivity contribution is 0.0715. The van der Waals surface area contributed by atoms with Gasteiger partial charge in [0, 0.05) is 31.5 Å². The van der Waals surface area contributed by atoms with E-state index in [1.54, 1.807) is 0 Å². The molecule has 4 aliphatic rings. The quantitative estimate of drug-likeness (QED) is 0.894. The van der Waals surface area contributed by atoms with Crippen LogP contribution in [0.3, 0.4) is 0 Å². The van der Waals surface area contributed by atoms with E-state index in [1.165, 1.54) is 37.1 Å². The first-order valence-corrected chi connectivity index (χ1v) is 10.1. The molecule has 3 saturated heterocycles. The number of rotatable bonds is 2. The molecule has 6 rings (SSSR count). The summed E-state index contributed by atoms with van der Waals surface area (Å²) in [4.78, 5) is 22.0. The van der Waals surface area contributed by atoms with Gasteiger partial charge in [0.1, 0.15) is 0 Å². The summed E-state index contributed by atoms with van der Waals surface area (Å²) < 4.78 is 0. The van der Waals surface area contributed by atoms with Gasteiger partial charge in [-0.1, -0.05) is 24.3 Å². The van der Waals surface area contributed by atoms with Crippen molar-refractivity contribution in [1.82, 2.24) is 20.1 Å². The number of carbonyl (C=O) groups is 1. The third-order valence-electron chi connectivity index (χ3n) is 6.53. The average Bonchev–Trinajstić information content (AvgIpc) is 2.74. The number of fused-ring (bicyclic) bond motifs is 4. The fraction of sp³-hybridized carbons (Fsp3) is 0.455. The lowest BCUT2D eigenvalue weighted by Crippen LogP contribution is -2.59. The Balaban J connectivity index is 1.43. The van der Waals surface area contributed by atoms with E-state index in [9.17, 15) is 4.79 Å². The molecule has 2 amide bonds. The Morgan fingerprint density at radius 3 is 2.56 bits per heavy atom. The minimum atomic E-state index is -0.0426. The summed E-state index contributed by atoms with van der Waals surface area (Å²) in [5.74, 6) is 0.635. The number of aromatic nitrogens is 1. The van der Waals surface area contributed by atoms with Gasteiger partial charge in [-0.05, 0) is 67.1 Å². The molecule has 1 aromatic heterocycles. The molecule has 4 aliphatic heterocycles. The predicted octanol–water partition coefficient (Wildman–Crippen LogP) is 2.83. The summed E-state index contributed by atoms with van der Waals surface area (Å²) in [5.41, 5.74) is 3.70. The number of hydrogen-bond acceptors (Lipinski definition) is 3. The van der Waals surface area contributed by atoms with E-state index in [4.69, 9.17) is 0 Å². The van der Waals surface area contributed by atoms with Crippen LogP contribution in [0.1, 0.15) is 35.6 Å². The molecule has 140 valence electrons. The lowest BCUT2D eigenvalue weighted by Gasteiger charge is -2.46. The molecule has 5 heterocycles. The van der Waals surface area contributed by atoms with Crippen molar-refractivity contribution >= 4 is 6.03 Å². The van der Waals surface area contributed by atoms with Crippen molar-refractivity contribution < 1.29 is 4.79 Å². The van der Waals surface area contributed by atoms with Crippen LogP contribution in [0.2, 0.25) is 0 Å². The van der Waals surface area contributed by atoms with Crippen molar-refractivity contribution in [3.8, 4) is 0 Å². The second kappa shape index (κ2) is 6.97. The Bertz CT molecular complexity index is 816. The summed E-state index contributed by atoms with van der Waals surface area (Å²) in [5, 5.41) is 3.38. The molecule has 0 saturated carbocycles. The first-order valence-electron chi connectivity index (χ1n) is 10.1. The topological polar surface area (TPSA) is 48.5 Å². The minimum Gasteiger partial charge on any atom is -0.334 e. The van der Waals surface area contributed by atoms with Crippen molar-refractivity contribution in [2.24, 2.45) is 5.92 Å². The van der Waals surface area contributed by atoms with Crippen LogP contribution < -0.4 is 5.32 Å². The maximum Gasteiger partial charge on any atom is 0.318 e. The SMILES string of the molecule is O=C(N[C@@H]1CN2CCC1CC2)N1CCc2ccccc2[C@@H]1c1ccncc1. The standard InChI is InChI=1S/C22H26N4O/c27-22(24-20-15-25-12-7-17(20)8-13-25)26-14-9-16-3-1-2-4-19(16)21(26)18-5-10-23-11-6-18/h1-6,10-11,17,20-21H,7-9,12-15H2,(H,24,27)/t20-,21+/m1/s1. The minimum absolute atomic E-state index is 0.0426. The molecule has 2 aromatic rings. The van der Waals surface area contributed by atoms with Gasteiger partial charge in [0.2, 0.25) is 0 Å². The lowest BCUT2D eigenvalue weighted by atomic mass is 9.84. The van der Waals surface area contributed by atoms with E-state index in [0.29, 0.717) is 5.92 Å². The fourth-order valence-electron chi connectivity index (χ4n) is 5.06. The van der Waals surface area contributed by atoms with Gasteiger partial charge in [-0.3, -0.25) is 4.98 Å². The number of nitrogens with one attached hydrogen (secondary N) is 1. The Morgan fingerprint density at radius 2 is 1.81 bits per heavy atom. The number of nitrogens with zero attached hydrogens (tertiary/aromatic N) is 3. The zero-order valence-electron chi connectivity index (χ0n) is 15.6. The highest BCUT2D eigenvalue weighted by molar-refractivity contribution is 5.76. The molecular formula is C22H26N4O. The number of benzene rings is 1. The number of amides is 2. The molecule has 27 heavy (non-hydrogen) atoms. The van der Waals surface area contributed by atoms with Crippen molar-refractivity contribution in [2.45, 2.75) is 31.3 Å². The Morgan fingerprint density at radius 1 is 1.04 bits per heavy atom. The summed E-state index contributed by atoms with van der Waals surface area (Å²) in [7, 11) is 0. The van der Waals surface area contributed by atoms with E-state index in [1.807, 2.05) is 29.4 Å². The molecule has 5 nitrogen and oxygen atoms in total. The maximum atomic E-state index is 13.3. The summed E-state index contributed by atoms with van der Waals surface area (Å²) in [6, 6.07) is 12.9. The van der Waals surface area contributed by atoms with Crippen LogP contribution in [0.25, 0.3) is 0 Å². The number of pyridine rings is 1. The van der Waals surface area contributed by atoms with Gasteiger partial charge in [-0.25, -0.2) is 4.79 Å².